The zero-order chi connectivity index (χ0) is 13.5. The van der Waals surface area contributed by atoms with E-state index in [1.807, 2.05) is 6.07 Å². The second kappa shape index (κ2) is 6.31. The van der Waals surface area contributed by atoms with Gasteiger partial charge in [0.05, 0.1) is 11.6 Å². The Morgan fingerprint density at radius 3 is 2.42 bits per heavy atom. The molecule has 2 rings (SSSR count). The maximum atomic E-state index is 13.3. The van der Waals surface area contributed by atoms with Crippen LogP contribution in [0.2, 0.25) is 0 Å². The van der Waals surface area contributed by atoms with Crippen LogP contribution >= 0.6 is 0 Å². The predicted octanol–water partition coefficient (Wildman–Crippen LogP) is 3.13. The summed E-state index contributed by atoms with van der Waals surface area (Å²) in [6.45, 7) is 0.0515. The minimum Gasteiger partial charge on any atom is -0.390 e. The van der Waals surface area contributed by atoms with E-state index in [4.69, 9.17) is 10.1 Å². The van der Waals surface area contributed by atoms with E-state index >= 15 is 0 Å². The van der Waals surface area contributed by atoms with E-state index in [0.717, 1.165) is 0 Å². The van der Waals surface area contributed by atoms with Crippen molar-refractivity contribution in [1.82, 2.24) is 0 Å². The van der Waals surface area contributed by atoms with Crippen LogP contribution in [0.1, 0.15) is 16.7 Å². The molecule has 0 saturated heterocycles. The molecule has 0 saturated carbocycles. The number of nitrogens with zero attached hydrogens (tertiary/aromatic N) is 2. The Labute approximate surface area is 110 Å². The van der Waals surface area contributed by atoms with E-state index in [9.17, 15) is 4.39 Å². The van der Waals surface area contributed by atoms with E-state index in [1.54, 1.807) is 42.5 Å². The maximum absolute atomic E-state index is 13.3. The standard InChI is InChI=1S/C15H10FN2O/c16-15-4-2-1-3-14(15)11-19-18-10-13-7-5-12(9-17)6-8-13/h1-8H,11H2. The smallest absolute Gasteiger partial charge is 0.145 e. The summed E-state index contributed by atoms with van der Waals surface area (Å²) in [6.07, 6.45) is 2.66. The fourth-order valence-corrected chi connectivity index (χ4v) is 1.42. The molecule has 0 atom stereocenters. The van der Waals surface area contributed by atoms with Crippen molar-refractivity contribution in [2.24, 2.45) is 5.16 Å². The number of nitriles is 1. The Morgan fingerprint density at radius 1 is 1.05 bits per heavy atom. The van der Waals surface area contributed by atoms with Gasteiger partial charge in [-0.05, 0) is 18.2 Å². The molecular formula is C15H10FN2O. The molecule has 0 aliphatic heterocycles. The molecule has 2 aromatic rings. The van der Waals surface area contributed by atoms with Crippen molar-refractivity contribution in [1.29, 1.82) is 5.26 Å². The first-order chi connectivity index (χ1) is 9.29. The van der Waals surface area contributed by atoms with Gasteiger partial charge in [0.2, 0.25) is 0 Å². The van der Waals surface area contributed by atoms with Crippen molar-refractivity contribution in [3.63, 3.8) is 0 Å². The number of hydrogen-bond acceptors (Lipinski definition) is 3. The average molecular weight is 253 g/mol. The normalized spacial score (nSPS) is 10.3. The van der Waals surface area contributed by atoms with Crippen molar-refractivity contribution in [2.75, 3.05) is 0 Å². The summed E-state index contributed by atoms with van der Waals surface area (Å²) in [5.74, 6) is -0.323. The fourth-order valence-electron chi connectivity index (χ4n) is 1.42. The van der Waals surface area contributed by atoms with Gasteiger partial charge in [-0.1, -0.05) is 35.5 Å². The molecule has 0 N–H and O–H groups in total. The predicted molar refractivity (Wildman–Crippen MR) is 68.9 cm³/mol. The number of benzene rings is 2. The van der Waals surface area contributed by atoms with E-state index in [2.05, 4.69) is 11.4 Å². The third kappa shape index (κ3) is 3.65. The summed E-state index contributed by atoms with van der Waals surface area (Å²) in [5, 5.41) is 12.3. The SMILES string of the molecule is N#Cc1ccc(/[C]=N\OCc2ccccc2F)cc1. The summed E-state index contributed by atoms with van der Waals surface area (Å²) < 4.78 is 13.3. The number of halogens is 1. The van der Waals surface area contributed by atoms with Crippen molar-refractivity contribution >= 4 is 6.21 Å². The first-order valence-electron chi connectivity index (χ1n) is 5.61. The van der Waals surface area contributed by atoms with Gasteiger partial charge in [0.25, 0.3) is 0 Å². The quantitative estimate of drug-likeness (QED) is 0.620. The Bertz CT molecular complexity index is 615. The molecule has 1 radical (unpaired) electrons. The average Bonchev–Trinajstić information content (AvgIpc) is 2.46. The first-order valence-corrected chi connectivity index (χ1v) is 5.61. The largest absolute Gasteiger partial charge is 0.390 e. The van der Waals surface area contributed by atoms with Crippen LogP contribution in [0.4, 0.5) is 4.39 Å². The minimum absolute atomic E-state index is 0.0515. The van der Waals surface area contributed by atoms with Gasteiger partial charge in [-0.2, -0.15) is 5.26 Å². The number of hydrogen-bond donors (Lipinski definition) is 0. The summed E-state index contributed by atoms with van der Waals surface area (Å²) in [4.78, 5) is 4.97. The van der Waals surface area contributed by atoms with Crippen molar-refractivity contribution in [2.45, 2.75) is 6.61 Å². The van der Waals surface area contributed by atoms with Crippen LogP contribution in [0.15, 0.2) is 53.7 Å². The van der Waals surface area contributed by atoms with Crippen LogP contribution in [0.25, 0.3) is 0 Å². The number of rotatable bonds is 4. The van der Waals surface area contributed by atoms with Gasteiger partial charge in [-0.15, -0.1) is 0 Å². The molecule has 4 heteroatoms. The van der Waals surface area contributed by atoms with E-state index in [0.29, 0.717) is 16.7 Å². The van der Waals surface area contributed by atoms with Crippen LogP contribution in [0.5, 0.6) is 0 Å². The molecule has 0 aliphatic carbocycles. The lowest BCUT2D eigenvalue weighted by atomic mass is 10.2. The summed E-state index contributed by atoms with van der Waals surface area (Å²) in [7, 11) is 0. The molecule has 0 amide bonds. The molecule has 0 heterocycles. The van der Waals surface area contributed by atoms with Gasteiger partial charge in [0, 0.05) is 11.1 Å². The highest BCUT2D eigenvalue weighted by atomic mass is 19.1. The second-order valence-corrected chi connectivity index (χ2v) is 3.76. The van der Waals surface area contributed by atoms with Gasteiger partial charge in [0.1, 0.15) is 18.6 Å². The monoisotopic (exact) mass is 253 g/mol. The molecule has 0 bridgehead atoms. The van der Waals surface area contributed by atoms with Crippen LogP contribution in [0, 0.1) is 17.1 Å². The van der Waals surface area contributed by atoms with Gasteiger partial charge in [-0.25, -0.2) is 4.39 Å². The summed E-state index contributed by atoms with van der Waals surface area (Å²) >= 11 is 0. The highest BCUT2D eigenvalue weighted by Gasteiger charge is 1.99. The maximum Gasteiger partial charge on any atom is 0.145 e. The van der Waals surface area contributed by atoms with Gasteiger partial charge in [-0.3, -0.25) is 0 Å². The minimum atomic E-state index is -0.323. The summed E-state index contributed by atoms with van der Waals surface area (Å²) in [6, 6.07) is 15.1. The molecule has 2 aromatic carbocycles. The molecule has 0 aliphatic rings. The van der Waals surface area contributed by atoms with Gasteiger partial charge < -0.3 is 4.84 Å². The van der Waals surface area contributed by atoms with Crippen LogP contribution < -0.4 is 0 Å². The highest BCUT2D eigenvalue weighted by molar-refractivity contribution is 5.79. The molecule has 3 nitrogen and oxygen atoms in total. The van der Waals surface area contributed by atoms with Crippen LogP contribution in [-0.2, 0) is 11.4 Å². The van der Waals surface area contributed by atoms with E-state index in [1.165, 1.54) is 6.07 Å². The highest BCUT2D eigenvalue weighted by Crippen LogP contribution is 2.07. The lowest BCUT2D eigenvalue weighted by Crippen LogP contribution is -1.92. The molecule has 19 heavy (non-hydrogen) atoms. The first kappa shape index (κ1) is 12.8. The molecule has 0 aromatic heterocycles. The third-order valence-electron chi connectivity index (χ3n) is 2.43. The topological polar surface area (TPSA) is 45.4 Å². The Kier molecular flexibility index (Phi) is 4.25. The second-order valence-electron chi connectivity index (χ2n) is 3.76. The lowest BCUT2D eigenvalue weighted by Gasteiger charge is -2.00. The summed E-state index contributed by atoms with van der Waals surface area (Å²) in [5.41, 5.74) is 1.69. The molecular weight excluding hydrogens is 243 g/mol. The van der Waals surface area contributed by atoms with E-state index < -0.39 is 0 Å². The molecule has 93 valence electrons. The van der Waals surface area contributed by atoms with Crippen molar-refractivity contribution in [3.05, 3.63) is 71.0 Å². The van der Waals surface area contributed by atoms with Gasteiger partial charge >= 0.3 is 0 Å². The third-order valence-corrected chi connectivity index (χ3v) is 2.43. The Hall–Kier alpha value is -2.67. The molecule has 0 fully saturated rings. The zero-order valence-electron chi connectivity index (χ0n) is 10.0. The van der Waals surface area contributed by atoms with Crippen molar-refractivity contribution in [3.8, 4) is 6.07 Å². The molecule has 0 spiro atoms. The Morgan fingerprint density at radius 2 is 1.74 bits per heavy atom. The Balaban J connectivity index is 1.90. The lowest BCUT2D eigenvalue weighted by molar-refractivity contribution is 0.129. The van der Waals surface area contributed by atoms with Gasteiger partial charge in [0.15, 0.2) is 0 Å². The van der Waals surface area contributed by atoms with E-state index in [-0.39, 0.29) is 12.4 Å². The van der Waals surface area contributed by atoms with Crippen LogP contribution in [0.3, 0.4) is 0 Å². The van der Waals surface area contributed by atoms with Crippen LogP contribution in [-0.4, -0.2) is 6.21 Å². The van der Waals surface area contributed by atoms with Crippen molar-refractivity contribution < 1.29 is 9.23 Å². The zero-order valence-corrected chi connectivity index (χ0v) is 10.0. The fraction of sp³-hybridized carbons (Fsp3) is 0.0667. The molecule has 0 unspecified atom stereocenters.